The quantitative estimate of drug-likeness (QED) is 0.402. The van der Waals surface area contributed by atoms with Crippen LogP contribution in [-0.4, -0.2) is 41.5 Å². The van der Waals surface area contributed by atoms with Gasteiger partial charge in [-0.2, -0.15) is 5.10 Å². The maximum Gasteiger partial charge on any atom is 0.160 e. The summed E-state index contributed by atoms with van der Waals surface area (Å²) in [7, 11) is 0.513. The highest BCUT2D eigenvalue weighted by molar-refractivity contribution is 9.10. The molecule has 3 aromatic heterocycles. The van der Waals surface area contributed by atoms with Crippen LogP contribution in [0.5, 0.6) is 5.75 Å². The van der Waals surface area contributed by atoms with Gasteiger partial charge in [-0.3, -0.25) is 4.98 Å². The number of aromatic nitrogens is 4. The first kappa shape index (κ1) is 19.0. The van der Waals surface area contributed by atoms with Gasteiger partial charge >= 0.3 is 0 Å². The first-order valence-corrected chi connectivity index (χ1v) is 13.0. The molecule has 26 heavy (non-hydrogen) atoms. The van der Waals surface area contributed by atoms with Gasteiger partial charge in [0.1, 0.15) is 23.9 Å². The van der Waals surface area contributed by atoms with Crippen molar-refractivity contribution in [2.75, 3.05) is 13.7 Å². The van der Waals surface area contributed by atoms with Crippen LogP contribution in [0.25, 0.3) is 22.4 Å². The Kier molecular flexibility index (Phi) is 5.74. The lowest BCUT2D eigenvalue weighted by molar-refractivity contribution is 0.0814. The van der Waals surface area contributed by atoms with Gasteiger partial charge in [0.2, 0.25) is 0 Å². The number of pyridine rings is 2. The van der Waals surface area contributed by atoms with E-state index in [4.69, 9.17) is 14.6 Å². The summed E-state index contributed by atoms with van der Waals surface area (Å²) in [5.41, 5.74) is 2.20. The van der Waals surface area contributed by atoms with Gasteiger partial charge in [0.15, 0.2) is 5.65 Å². The Morgan fingerprint density at radius 3 is 2.73 bits per heavy atom. The maximum atomic E-state index is 5.87. The predicted molar refractivity (Wildman–Crippen MR) is 109 cm³/mol. The van der Waals surface area contributed by atoms with Crippen LogP contribution in [0.15, 0.2) is 35.1 Å². The van der Waals surface area contributed by atoms with Gasteiger partial charge in [-0.1, -0.05) is 19.6 Å². The molecule has 0 unspecified atom stereocenters. The maximum absolute atomic E-state index is 5.87. The van der Waals surface area contributed by atoms with E-state index in [0.29, 0.717) is 18.2 Å². The summed E-state index contributed by atoms with van der Waals surface area (Å²) in [6.07, 6.45) is 3.50. The van der Waals surface area contributed by atoms with Crippen LogP contribution in [0.2, 0.25) is 25.7 Å². The molecule has 0 saturated carbocycles. The van der Waals surface area contributed by atoms with Crippen LogP contribution in [0, 0.1) is 0 Å². The Hall–Kier alpha value is -1.77. The van der Waals surface area contributed by atoms with Crippen LogP contribution in [-0.2, 0) is 11.5 Å². The van der Waals surface area contributed by atoms with E-state index in [2.05, 4.69) is 45.5 Å². The lowest BCUT2D eigenvalue weighted by Crippen LogP contribution is -2.22. The van der Waals surface area contributed by atoms with Crippen LogP contribution in [0.3, 0.4) is 0 Å². The zero-order chi connectivity index (χ0) is 18.7. The molecule has 0 aliphatic carbocycles. The number of rotatable bonds is 7. The van der Waals surface area contributed by atoms with E-state index in [1.807, 2.05) is 18.2 Å². The fourth-order valence-corrected chi connectivity index (χ4v) is 3.65. The number of nitrogens with zero attached hydrogens (tertiary/aromatic N) is 4. The molecule has 138 valence electrons. The molecule has 0 fully saturated rings. The highest BCUT2D eigenvalue weighted by Gasteiger charge is 2.19. The van der Waals surface area contributed by atoms with Gasteiger partial charge in [0.25, 0.3) is 0 Å². The predicted octanol–water partition coefficient (Wildman–Crippen LogP) is 4.58. The topological polar surface area (TPSA) is 62.1 Å². The van der Waals surface area contributed by atoms with Crippen molar-refractivity contribution in [3.05, 3.63) is 35.1 Å². The molecule has 0 spiro atoms. The summed E-state index contributed by atoms with van der Waals surface area (Å²) < 4.78 is 14.0. The third kappa shape index (κ3) is 4.31. The van der Waals surface area contributed by atoms with Crippen molar-refractivity contribution in [3.63, 3.8) is 0 Å². The summed E-state index contributed by atoms with van der Waals surface area (Å²) in [6, 6.07) is 6.84. The summed E-state index contributed by atoms with van der Waals surface area (Å²) in [4.78, 5) is 8.99. The molecule has 8 heteroatoms. The molecule has 3 aromatic rings. The highest BCUT2D eigenvalue weighted by Crippen LogP contribution is 2.33. The van der Waals surface area contributed by atoms with Crippen molar-refractivity contribution in [1.29, 1.82) is 0 Å². The molecule has 0 saturated heterocycles. The first-order valence-electron chi connectivity index (χ1n) is 8.48. The molecule has 0 aliphatic heterocycles. The summed E-state index contributed by atoms with van der Waals surface area (Å²) in [5.74, 6) is 0.679. The molecule has 6 nitrogen and oxygen atoms in total. The number of fused-ring (bicyclic) bond motifs is 1. The van der Waals surface area contributed by atoms with Crippen LogP contribution in [0.4, 0.5) is 0 Å². The van der Waals surface area contributed by atoms with Crippen molar-refractivity contribution in [1.82, 2.24) is 19.7 Å². The fraction of sp³-hybridized carbons (Fsp3) is 0.389. The van der Waals surface area contributed by atoms with E-state index in [1.165, 1.54) is 0 Å². The van der Waals surface area contributed by atoms with Gasteiger partial charge in [0.05, 0.1) is 7.11 Å². The van der Waals surface area contributed by atoms with Crippen molar-refractivity contribution in [2.24, 2.45) is 0 Å². The van der Waals surface area contributed by atoms with E-state index in [9.17, 15) is 0 Å². The van der Waals surface area contributed by atoms with Gasteiger partial charge in [-0.15, -0.1) is 0 Å². The van der Waals surface area contributed by atoms with Gasteiger partial charge in [0, 0.05) is 36.9 Å². The van der Waals surface area contributed by atoms with Gasteiger partial charge < -0.3 is 9.47 Å². The van der Waals surface area contributed by atoms with E-state index in [-0.39, 0.29) is 0 Å². The number of ether oxygens (including phenoxy) is 2. The van der Waals surface area contributed by atoms with Crippen molar-refractivity contribution in [3.8, 4) is 17.1 Å². The number of halogens is 1. The monoisotopic (exact) mass is 434 g/mol. The second kappa shape index (κ2) is 7.85. The van der Waals surface area contributed by atoms with E-state index >= 15 is 0 Å². The molecule has 3 heterocycles. The molecule has 0 N–H and O–H groups in total. The summed E-state index contributed by atoms with van der Waals surface area (Å²) in [5, 5.41) is 5.63. The zero-order valence-electron chi connectivity index (χ0n) is 15.5. The Bertz CT molecular complexity index is 908. The average Bonchev–Trinajstić information content (AvgIpc) is 2.95. The third-order valence-corrected chi connectivity index (χ3v) is 6.12. The molecular formula is C18H23BrN4O2Si. The second-order valence-electron chi connectivity index (χ2n) is 7.28. The Morgan fingerprint density at radius 1 is 1.19 bits per heavy atom. The summed E-state index contributed by atoms with van der Waals surface area (Å²) >= 11 is 3.49. The van der Waals surface area contributed by atoms with E-state index < -0.39 is 8.07 Å². The lowest BCUT2D eigenvalue weighted by Gasteiger charge is -2.15. The standard InChI is InChI=1S/C18H23BrN4O2Si/c1-24-15-6-5-7-20-17(15)16-14-10-13(19)11-21-18(14)23(22-16)12-25-8-9-26(2,3)4/h5-7,10-11H,8-9,12H2,1-4H3. The van der Waals surface area contributed by atoms with Gasteiger partial charge in [-0.25, -0.2) is 9.67 Å². The van der Waals surface area contributed by atoms with Crippen molar-refractivity contribution in [2.45, 2.75) is 32.4 Å². The molecule has 0 aromatic carbocycles. The SMILES string of the molecule is COc1cccnc1-c1nn(COCC[Si](C)(C)C)c2ncc(Br)cc12. The van der Waals surface area contributed by atoms with Crippen molar-refractivity contribution < 1.29 is 9.47 Å². The minimum absolute atomic E-state index is 0.366. The average molecular weight is 435 g/mol. The van der Waals surface area contributed by atoms with Crippen LogP contribution >= 0.6 is 15.9 Å². The van der Waals surface area contributed by atoms with Crippen LogP contribution in [0.1, 0.15) is 0 Å². The molecule has 0 atom stereocenters. The van der Waals surface area contributed by atoms with E-state index in [1.54, 1.807) is 24.2 Å². The molecular weight excluding hydrogens is 412 g/mol. The van der Waals surface area contributed by atoms with Gasteiger partial charge in [-0.05, 0) is 40.2 Å². The van der Waals surface area contributed by atoms with E-state index in [0.717, 1.165) is 33.9 Å². The lowest BCUT2D eigenvalue weighted by atomic mass is 10.2. The Labute approximate surface area is 162 Å². The highest BCUT2D eigenvalue weighted by atomic mass is 79.9. The molecule has 0 bridgehead atoms. The zero-order valence-corrected chi connectivity index (χ0v) is 18.1. The minimum Gasteiger partial charge on any atom is -0.494 e. The molecule has 0 amide bonds. The second-order valence-corrected chi connectivity index (χ2v) is 13.8. The summed E-state index contributed by atoms with van der Waals surface area (Å²) in [6.45, 7) is 8.11. The molecule has 0 aliphatic rings. The molecule has 3 rings (SSSR count). The fourth-order valence-electron chi connectivity index (χ4n) is 2.56. The smallest absolute Gasteiger partial charge is 0.160 e. The van der Waals surface area contributed by atoms with Crippen molar-refractivity contribution >= 4 is 35.0 Å². The third-order valence-electron chi connectivity index (χ3n) is 3.98. The largest absolute Gasteiger partial charge is 0.494 e. The molecule has 0 radical (unpaired) electrons. The Balaban J connectivity index is 1.96. The normalized spacial score (nSPS) is 11.9. The minimum atomic E-state index is -1.12. The number of hydrogen-bond donors (Lipinski definition) is 0. The Morgan fingerprint density at radius 2 is 2.00 bits per heavy atom. The van der Waals surface area contributed by atoms with Crippen LogP contribution < -0.4 is 4.74 Å². The first-order chi connectivity index (χ1) is 12.4. The number of methoxy groups -OCH3 is 1. The number of hydrogen-bond acceptors (Lipinski definition) is 5.